The second-order valence-electron chi connectivity index (χ2n) is 10.1. The predicted octanol–water partition coefficient (Wildman–Crippen LogP) is 9.65. The number of unbranched alkanes of at least 4 members (excludes halogenated alkanes) is 17. The SMILES string of the molecule is CCCCCCCCCCCCN1C=CN(CCCCCC)C1CCCCCCCC. The first-order valence-electron chi connectivity index (χ1n) is 14.5. The van der Waals surface area contributed by atoms with Crippen LogP contribution in [0.4, 0.5) is 0 Å². The zero-order chi connectivity index (χ0) is 22.4. The summed E-state index contributed by atoms with van der Waals surface area (Å²) in [5.41, 5.74) is 0. The van der Waals surface area contributed by atoms with E-state index in [2.05, 4.69) is 43.0 Å². The molecule has 2 nitrogen and oxygen atoms in total. The molecule has 1 unspecified atom stereocenters. The Bertz CT molecular complexity index is 392. The van der Waals surface area contributed by atoms with Crippen LogP contribution < -0.4 is 0 Å². The van der Waals surface area contributed by atoms with Gasteiger partial charge in [0.05, 0.1) is 0 Å². The molecule has 0 bridgehead atoms. The summed E-state index contributed by atoms with van der Waals surface area (Å²) in [5.74, 6) is 0. The molecule has 0 aliphatic carbocycles. The van der Waals surface area contributed by atoms with Crippen molar-refractivity contribution < 1.29 is 0 Å². The fourth-order valence-corrected chi connectivity index (χ4v) is 4.95. The van der Waals surface area contributed by atoms with Crippen molar-refractivity contribution in [1.29, 1.82) is 0 Å². The smallest absolute Gasteiger partial charge is 0.101 e. The van der Waals surface area contributed by atoms with Crippen molar-refractivity contribution in [3.8, 4) is 0 Å². The number of hydrogen-bond donors (Lipinski definition) is 0. The van der Waals surface area contributed by atoms with E-state index in [0.717, 1.165) is 0 Å². The molecule has 0 amide bonds. The Morgan fingerprint density at radius 2 is 0.742 bits per heavy atom. The van der Waals surface area contributed by atoms with E-state index in [-0.39, 0.29) is 0 Å². The zero-order valence-corrected chi connectivity index (χ0v) is 21.9. The van der Waals surface area contributed by atoms with E-state index >= 15 is 0 Å². The summed E-state index contributed by atoms with van der Waals surface area (Å²) >= 11 is 0. The van der Waals surface area contributed by atoms with Crippen LogP contribution in [0.25, 0.3) is 0 Å². The van der Waals surface area contributed by atoms with Crippen molar-refractivity contribution >= 4 is 0 Å². The van der Waals surface area contributed by atoms with E-state index in [4.69, 9.17) is 0 Å². The highest BCUT2D eigenvalue weighted by Crippen LogP contribution is 2.23. The fraction of sp³-hybridized carbons (Fsp3) is 0.931. The summed E-state index contributed by atoms with van der Waals surface area (Å²) in [6, 6.07) is 0. The number of nitrogens with zero attached hydrogens (tertiary/aromatic N) is 2. The van der Waals surface area contributed by atoms with Crippen LogP contribution in [0, 0.1) is 0 Å². The molecule has 0 aromatic carbocycles. The van der Waals surface area contributed by atoms with Crippen molar-refractivity contribution in [1.82, 2.24) is 9.80 Å². The summed E-state index contributed by atoms with van der Waals surface area (Å²) in [7, 11) is 0. The van der Waals surface area contributed by atoms with E-state index in [1.54, 1.807) is 0 Å². The third-order valence-corrected chi connectivity index (χ3v) is 7.07. The topological polar surface area (TPSA) is 6.48 Å². The minimum atomic E-state index is 0.645. The lowest BCUT2D eigenvalue weighted by Crippen LogP contribution is -2.39. The Kier molecular flexibility index (Phi) is 19.4. The highest BCUT2D eigenvalue weighted by atomic mass is 15.4. The van der Waals surface area contributed by atoms with Crippen molar-refractivity contribution in [3.05, 3.63) is 12.4 Å². The molecule has 2 heteroatoms. The molecule has 1 aliphatic heterocycles. The molecular formula is C29H58N2. The van der Waals surface area contributed by atoms with Crippen LogP contribution in [0.1, 0.15) is 156 Å². The van der Waals surface area contributed by atoms with E-state index in [9.17, 15) is 0 Å². The van der Waals surface area contributed by atoms with Gasteiger partial charge in [0.1, 0.15) is 6.17 Å². The maximum absolute atomic E-state index is 2.68. The molecule has 0 aromatic heterocycles. The Balaban J connectivity index is 2.22. The van der Waals surface area contributed by atoms with Crippen LogP contribution in [0.5, 0.6) is 0 Å². The van der Waals surface area contributed by atoms with Crippen molar-refractivity contribution in [2.45, 2.75) is 162 Å². The lowest BCUT2D eigenvalue weighted by Gasteiger charge is -2.33. The second kappa shape index (κ2) is 21.2. The first-order valence-corrected chi connectivity index (χ1v) is 14.5. The van der Waals surface area contributed by atoms with Crippen molar-refractivity contribution in [2.24, 2.45) is 0 Å². The van der Waals surface area contributed by atoms with Crippen LogP contribution in [0.2, 0.25) is 0 Å². The molecule has 0 saturated heterocycles. The normalized spacial score (nSPS) is 16.0. The van der Waals surface area contributed by atoms with Gasteiger partial charge < -0.3 is 9.80 Å². The first-order chi connectivity index (χ1) is 15.3. The predicted molar refractivity (Wildman–Crippen MR) is 140 cm³/mol. The molecule has 0 aromatic rings. The van der Waals surface area contributed by atoms with Crippen LogP contribution in [-0.2, 0) is 0 Å². The molecule has 1 rings (SSSR count). The van der Waals surface area contributed by atoms with Gasteiger partial charge in [-0.25, -0.2) is 0 Å². The Labute approximate surface area is 197 Å². The number of rotatable bonds is 23. The molecule has 1 aliphatic rings. The molecule has 0 saturated carbocycles. The quantitative estimate of drug-likeness (QED) is 0.148. The lowest BCUT2D eigenvalue weighted by molar-refractivity contribution is 0.135. The van der Waals surface area contributed by atoms with E-state index in [1.165, 1.54) is 148 Å². The maximum Gasteiger partial charge on any atom is 0.101 e. The van der Waals surface area contributed by atoms with E-state index < -0.39 is 0 Å². The average molecular weight is 435 g/mol. The monoisotopic (exact) mass is 434 g/mol. The van der Waals surface area contributed by atoms with Gasteiger partial charge in [-0.2, -0.15) is 0 Å². The first kappa shape index (κ1) is 28.4. The highest BCUT2D eigenvalue weighted by Gasteiger charge is 2.24. The van der Waals surface area contributed by atoms with Gasteiger partial charge in [0.15, 0.2) is 0 Å². The molecule has 1 atom stereocenters. The summed E-state index contributed by atoms with van der Waals surface area (Å²) < 4.78 is 0. The summed E-state index contributed by atoms with van der Waals surface area (Å²) in [6.07, 6.45) is 35.0. The van der Waals surface area contributed by atoms with Crippen molar-refractivity contribution in [3.63, 3.8) is 0 Å². The Hall–Kier alpha value is -0.660. The molecule has 0 N–H and O–H groups in total. The summed E-state index contributed by atoms with van der Waals surface area (Å²) in [6.45, 7) is 9.45. The van der Waals surface area contributed by atoms with Gasteiger partial charge in [-0.3, -0.25) is 0 Å². The van der Waals surface area contributed by atoms with Crippen LogP contribution in [0.15, 0.2) is 12.4 Å². The van der Waals surface area contributed by atoms with Crippen LogP contribution in [-0.4, -0.2) is 29.1 Å². The second-order valence-corrected chi connectivity index (χ2v) is 10.1. The van der Waals surface area contributed by atoms with E-state index in [1.807, 2.05) is 0 Å². The lowest BCUT2D eigenvalue weighted by atomic mass is 10.1. The molecule has 0 radical (unpaired) electrons. The van der Waals surface area contributed by atoms with Gasteiger partial charge in [-0.15, -0.1) is 0 Å². The highest BCUT2D eigenvalue weighted by molar-refractivity contribution is 4.97. The van der Waals surface area contributed by atoms with Gasteiger partial charge in [-0.05, 0) is 25.7 Å². The van der Waals surface area contributed by atoms with Gasteiger partial charge in [0.25, 0.3) is 0 Å². The fourth-order valence-electron chi connectivity index (χ4n) is 4.95. The standard InChI is InChI=1S/C29H58N2/c1-4-7-10-13-15-16-17-18-20-23-26-31-28-27-30(25-22-12-9-6-3)29(31)24-21-19-14-11-8-5-2/h27-29H,4-26H2,1-3H3. The molecule has 1 heterocycles. The minimum absolute atomic E-state index is 0.645. The molecule has 0 spiro atoms. The molecule has 0 fully saturated rings. The molecular weight excluding hydrogens is 376 g/mol. The number of hydrogen-bond acceptors (Lipinski definition) is 2. The van der Waals surface area contributed by atoms with Gasteiger partial charge in [0, 0.05) is 25.5 Å². The average Bonchev–Trinajstić information content (AvgIpc) is 3.16. The van der Waals surface area contributed by atoms with Gasteiger partial charge in [-0.1, -0.05) is 130 Å². The zero-order valence-electron chi connectivity index (χ0n) is 21.9. The molecule has 184 valence electrons. The van der Waals surface area contributed by atoms with E-state index in [0.29, 0.717) is 6.17 Å². The van der Waals surface area contributed by atoms with Gasteiger partial charge in [0.2, 0.25) is 0 Å². The molecule has 31 heavy (non-hydrogen) atoms. The maximum atomic E-state index is 2.68. The minimum Gasteiger partial charge on any atom is -0.356 e. The van der Waals surface area contributed by atoms with Gasteiger partial charge >= 0.3 is 0 Å². The van der Waals surface area contributed by atoms with Crippen LogP contribution in [0.3, 0.4) is 0 Å². The Morgan fingerprint density at radius 3 is 1.16 bits per heavy atom. The largest absolute Gasteiger partial charge is 0.356 e. The Morgan fingerprint density at radius 1 is 0.419 bits per heavy atom. The summed E-state index contributed by atoms with van der Waals surface area (Å²) in [5, 5.41) is 0. The van der Waals surface area contributed by atoms with Crippen LogP contribution >= 0.6 is 0 Å². The summed E-state index contributed by atoms with van der Waals surface area (Å²) in [4.78, 5) is 5.34. The third kappa shape index (κ3) is 14.9. The third-order valence-electron chi connectivity index (χ3n) is 7.07. The van der Waals surface area contributed by atoms with Crippen molar-refractivity contribution in [2.75, 3.05) is 13.1 Å².